The standard InChI is InChI=1S/C15H21N3O2/c1-3-10-15(2,16)14-17-13(18-20-14)9-11-19-12-7-5-4-6-8-12/h4-8H,3,9-11,16H2,1-2H3. The van der Waals surface area contributed by atoms with Crippen LogP contribution in [0.1, 0.15) is 38.4 Å². The predicted octanol–water partition coefficient (Wildman–Crippen LogP) is 2.67. The molecule has 1 heterocycles. The summed E-state index contributed by atoms with van der Waals surface area (Å²) < 4.78 is 10.8. The average molecular weight is 275 g/mol. The van der Waals surface area contributed by atoms with Gasteiger partial charge < -0.3 is 15.0 Å². The minimum absolute atomic E-state index is 0.495. The van der Waals surface area contributed by atoms with E-state index >= 15 is 0 Å². The Bertz CT molecular complexity index is 523. The van der Waals surface area contributed by atoms with Crippen molar-refractivity contribution in [2.45, 2.75) is 38.6 Å². The number of benzene rings is 1. The van der Waals surface area contributed by atoms with Crippen molar-refractivity contribution in [3.8, 4) is 5.75 Å². The first-order valence-corrected chi connectivity index (χ1v) is 6.91. The van der Waals surface area contributed by atoms with Gasteiger partial charge in [-0.1, -0.05) is 36.7 Å². The van der Waals surface area contributed by atoms with Crippen LogP contribution in [0.2, 0.25) is 0 Å². The molecular weight excluding hydrogens is 254 g/mol. The molecule has 2 rings (SSSR count). The van der Waals surface area contributed by atoms with E-state index in [1.54, 1.807) is 0 Å². The van der Waals surface area contributed by atoms with Crippen molar-refractivity contribution in [2.75, 3.05) is 6.61 Å². The van der Waals surface area contributed by atoms with E-state index in [1.807, 2.05) is 37.3 Å². The van der Waals surface area contributed by atoms with Crippen molar-refractivity contribution >= 4 is 0 Å². The van der Waals surface area contributed by atoms with Crippen LogP contribution < -0.4 is 10.5 Å². The predicted molar refractivity (Wildman–Crippen MR) is 76.4 cm³/mol. The molecule has 0 aliphatic heterocycles. The van der Waals surface area contributed by atoms with Gasteiger partial charge in [0.25, 0.3) is 0 Å². The molecule has 5 heteroatoms. The molecule has 0 aliphatic carbocycles. The smallest absolute Gasteiger partial charge is 0.246 e. The summed E-state index contributed by atoms with van der Waals surface area (Å²) >= 11 is 0. The van der Waals surface area contributed by atoms with Crippen LogP contribution in [0.25, 0.3) is 0 Å². The van der Waals surface area contributed by atoms with E-state index in [0.29, 0.717) is 24.7 Å². The van der Waals surface area contributed by atoms with Crippen molar-refractivity contribution in [1.29, 1.82) is 0 Å². The van der Waals surface area contributed by atoms with Crippen LogP contribution in [0.15, 0.2) is 34.9 Å². The average Bonchev–Trinajstić information content (AvgIpc) is 2.90. The Kier molecular flexibility index (Phi) is 4.74. The van der Waals surface area contributed by atoms with Gasteiger partial charge in [-0.25, -0.2) is 0 Å². The summed E-state index contributed by atoms with van der Waals surface area (Å²) in [5, 5.41) is 3.95. The summed E-state index contributed by atoms with van der Waals surface area (Å²) in [6, 6.07) is 9.66. The molecule has 0 fully saturated rings. The van der Waals surface area contributed by atoms with Gasteiger partial charge in [-0.3, -0.25) is 0 Å². The lowest BCUT2D eigenvalue weighted by molar-refractivity contribution is 0.280. The van der Waals surface area contributed by atoms with Gasteiger partial charge in [0, 0.05) is 6.42 Å². The molecule has 1 aromatic heterocycles. The van der Waals surface area contributed by atoms with E-state index in [0.717, 1.165) is 18.6 Å². The van der Waals surface area contributed by atoms with Crippen LogP contribution in [-0.2, 0) is 12.0 Å². The third-order valence-electron chi connectivity index (χ3n) is 3.06. The van der Waals surface area contributed by atoms with E-state index in [1.165, 1.54) is 0 Å². The first-order chi connectivity index (χ1) is 9.62. The quantitative estimate of drug-likeness (QED) is 0.840. The molecule has 1 aromatic carbocycles. The van der Waals surface area contributed by atoms with Gasteiger partial charge >= 0.3 is 0 Å². The fourth-order valence-electron chi connectivity index (χ4n) is 1.99. The normalized spacial score (nSPS) is 13.9. The van der Waals surface area contributed by atoms with E-state index < -0.39 is 5.54 Å². The number of nitrogens with two attached hydrogens (primary N) is 1. The molecule has 2 N–H and O–H groups in total. The number of hydrogen-bond acceptors (Lipinski definition) is 5. The van der Waals surface area contributed by atoms with Gasteiger partial charge in [0.1, 0.15) is 5.75 Å². The Hall–Kier alpha value is -1.88. The van der Waals surface area contributed by atoms with Crippen molar-refractivity contribution in [3.63, 3.8) is 0 Å². The molecule has 108 valence electrons. The molecule has 0 saturated carbocycles. The lowest BCUT2D eigenvalue weighted by atomic mass is 9.98. The van der Waals surface area contributed by atoms with Crippen molar-refractivity contribution < 1.29 is 9.26 Å². The third kappa shape index (κ3) is 3.81. The van der Waals surface area contributed by atoms with Crippen LogP contribution in [-0.4, -0.2) is 16.7 Å². The van der Waals surface area contributed by atoms with Gasteiger partial charge in [-0.05, 0) is 25.5 Å². The molecule has 0 spiro atoms. The SMILES string of the molecule is CCCC(C)(N)c1nc(CCOc2ccccc2)no1. The van der Waals surface area contributed by atoms with Gasteiger partial charge in [-0.15, -0.1) is 0 Å². The molecule has 0 amide bonds. The van der Waals surface area contributed by atoms with Gasteiger partial charge in [0.2, 0.25) is 5.89 Å². The summed E-state index contributed by atoms with van der Waals surface area (Å²) in [7, 11) is 0. The zero-order valence-corrected chi connectivity index (χ0v) is 12.0. The minimum Gasteiger partial charge on any atom is -0.493 e. The summed E-state index contributed by atoms with van der Waals surface area (Å²) in [6.45, 7) is 4.50. The highest BCUT2D eigenvalue weighted by Crippen LogP contribution is 2.21. The number of nitrogens with zero attached hydrogens (tertiary/aromatic N) is 2. The van der Waals surface area contributed by atoms with E-state index in [-0.39, 0.29) is 0 Å². The first-order valence-electron chi connectivity index (χ1n) is 6.91. The molecule has 0 saturated heterocycles. The Morgan fingerprint density at radius 1 is 1.30 bits per heavy atom. The van der Waals surface area contributed by atoms with E-state index in [9.17, 15) is 0 Å². The van der Waals surface area contributed by atoms with Crippen LogP contribution in [0.4, 0.5) is 0 Å². The number of hydrogen-bond donors (Lipinski definition) is 1. The number of ether oxygens (including phenoxy) is 1. The van der Waals surface area contributed by atoms with Crippen molar-refractivity contribution in [1.82, 2.24) is 10.1 Å². The molecule has 0 aliphatic rings. The maximum atomic E-state index is 6.15. The lowest BCUT2D eigenvalue weighted by Crippen LogP contribution is -2.33. The molecular formula is C15H21N3O2. The van der Waals surface area contributed by atoms with Gasteiger partial charge in [0.15, 0.2) is 5.82 Å². The highest BCUT2D eigenvalue weighted by molar-refractivity contribution is 5.20. The monoisotopic (exact) mass is 275 g/mol. The first kappa shape index (κ1) is 14.5. The van der Waals surface area contributed by atoms with Gasteiger partial charge in [-0.2, -0.15) is 4.98 Å². The molecule has 1 unspecified atom stereocenters. The molecule has 5 nitrogen and oxygen atoms in total. The second-order valence-electron chi connectivity index (χ2n) is 5.09. The number of aromatic nitrogens is 2. The van der Waals surface area contributed by atoms with E-state index in [2.05, 4.69) is 17.1 Å². The summed E-state index contributed by atoms with van der Waals surface area (Å²) in [5.41, 5.74) is 5.60. The third-order valence-corrected chi connectivity index (χ3v) is 3.06. The Morgan fingerprint density at radius 2 is 2.05 bits per heavy atom. The van der Waals surface area contributed by atoms with Crippen LogP contribution in [0.5, 0.6) is 5.75 Å². The molecule has 0 radical (unpaired) electrons. The fourth-order valence-corrected chi connectivity index (χ4v) is 1.99. The topological polar surface area (TPSA) is 74.2 Å². The van der Waals surface area contributed by atoms with Crippen LogP contribution in [0.3, 0.4) is 0 Å². The maximum absolute atomic E-state index is 6.15. The molecule has 20 heavy (non-hydrogen) atoms. The van der Waals surface area contributed by atoms with Crippen LogP contribution in [0, 0.1) is 0 Å². The molecule has 0 bridgehead atoms. The van der Waals surface area contributed by atoms with Crippen LogP contribution >= 0.6 is 0 Å². The number of para-hydroxylation sites is 1. The number of rotatable bonds is 7. The largest absolute Gasteiger partial charge is 0.493 e. The second-order valence-corrected chi connectivity index (χ2v) is 5.09. The zero-order chi connectivity index (χ0) is 14.4. The summed E-state index contributed by atoms with van der Waals surface area (Å²) in [4.78, 5) is 4.35. The van der Waals surface area contributed by atoms with Crippen molar-refractivity contribution in [3.05, 3.63) is 42.0 Å². The van der Waals surface area contributed by atoms with Crippen molar-refractivity contribution in [2.24, 2.45) is 5.73 Å². The summed E-state index contributed by atoms with van der Waals surface area (Å²) in [5.74, 6) is 1.96. The fraction of sp³-hybridized carbons (Fsp3) is 0.467. The summed E-state index contributed by atoms with van der Waals surface area (Å²) in [6.07, 6.45) is 2.39. The Labute approximate surface area is 119 Å². The zero-order valence-electron chi connectivity index (χ0n) is 12.0. The maximum Gasteiger partial charge on any atom is 0.246 e. The molecule has 1 atom stereocenters. The second kappa shape index (κ2) is 6.52. The Balaban J connectivity index is 1.87. The lowest BCUT2D eigenvalue weighted by Gasteiger charge is -2.18. The molecule has 2 aromatic rings. The van der Waals surface area contributed by atoms with Gasteiger partial charge in [0.05, 0.1) is 12.1 Å². The minimum atomic E-state index is -0.555. The van der Waals surface area contributed by atoms with E-state index in [4.69, 9.17) is 15.0 Å². The highest BCUT2D eigenvalue weighted by atomic mass is 16.5. The Morgan fingerprint density at radius 3 is 2.75 bits per heavy atom. The highest BCUT2D eigenvalue weighted by Gasteiger charge is 2.27.